The Kier molecular flexibility index (Phi) is 3.14. The molecule has 0 amide bonds. The van der Waals surface area contributed by atoms with Gasteiger partial charge in [-0.15, -0.1) is 11.8 Å². The molecule has 2 heteroatoms. The second-order valence-corrected chi connectivity index (χ2v) is 5.13. The molecule has 0 saturated carbocycles. The van der Waals surface area contributed by atoms with Crippen LogP contribution in [0.1, 0.15) is 17.5 Å². The highest BCUT2D eigenvalue weighted by Gasteiger charge is 2.18. The van der Waals surface area contributed by atoms with Crippen molar-refractivity contribution >= 4 is 11.8 Å². The summed E-state index contributed by atoms with van der Waals surface area (Å²) in [5, 5.41) is 0. The van der Waals surface area contributed by atoms with E-state index >= 15 is 0 Å². The predicted molar refractivity (Wildman–Crippen MR) is 62.8 cm³/mol. The topological polar surface area (TPSA) is 26.0 Å². The molecule has 2 rings (SSSR count). The van der Waals surface area contributed by atoms with E-state index in [1.165, 1.54) is 34.6 Å². The Morgan fingerprint density at radius 1 is 1.50 bits per heavy atom. The Balaban J connectivity index is 2.16. The van der Waals surface area contributed by atoms with E-state index in [9.17, 15) is 0 Å². The van der Waals surface area contributed by atoms with Crippen molar-refractivity contribution in [2.75, 3.05) is 12.3 Å². The van der Waals surface area contributed by atoms with Gasteiger partial charge in [0.15, 0.2) is 0 Å². The maximum absolute atomic E-state index is 5.60. The van der Waals surface area contributed by atoms with Gasteiger partial charge in [0.05, 0.1) is 0 Å². The third-order valence-electron chi connectivity index (χ3n) is 2.77. The Morgan fingerprint density at radius 3 is 3.14 bits per heavy atom. The van der Waals surface area contributed by atoms with Crippen molar-refractivity contribution in [2.45, 2.75) is 24.7 Å². The first-order valence-corrected chi connectivity index (χ1v) is 6.20. The number of rotatable bonds is 2. The highest BCUT2D eigenvalue weighted by atomic mass is 32.2. The SMILES string of the molecule is Cc1ccc2c(c1)CC(CCN)CS2. The van der Waals surface area contributed by atoms with Crippen LogP contribution >= 0.6 is 11.8 Å². The minimum absolute atomic E-state index is 0.791. The van der Waals surface area contributed by atoms with Crippen molar-refractivity contribution in [3.05, 3.63) is 29.3 Å². The van der Waals surface area contributed by atoms with Gasteiger partial charge in [-0.2, -0.15) is 0 Å². The molecule has 1 aromatic carbocycles. The summed E-state index contributed by atoms with van der Waals surface area (Å²) in [4.78, 5) is 1.48. The van der Waals surface area contributed by atoms with E-state index in [0.29, 0.717) is 0 Å². The summed E-state index contributed by atoms with van der Waals surface area (Å²) >= 11 is 1.99. The lowest BCUT2D eigenvalue weighted by Gasteiger charge is -2.23. The molecule has 76 valence electrons. The molecular weight excluding hydrogens is 190 g/mol. The zero-order chi connectivity index (χ0) is 9.97. The highest BCUT2D eigenvalue weighted by molar-refractivity contribution is 7.99. The third-order valence-corrected chi connectivity index (χ3v) is 4.12. The molecule has 2 N–H and O–H groups in total. The van der Waals surface area contributed by atoms with Crippen LogP contribution in [0.3, 0.4) is 0 Å². The summed E-state index contributed by atoms with van der Waals surface area (Å²) in [6, 6.07) is 6.79. The van der Waals surface area contributed by atoms with Crippen LogP contribution in [0.5, 0.6) is 0 Å². The van der Waals surface area contributed by atoms with E-state index in [2.05, 4.69) is 25.1 Å². The first-order valence-electron chi connectivity index (χ1n) is 5.22. The Bertz CT molecular complexity index is 322. The summed E-state index contributed by atoms with van der Waals surface area (Å²) in [5.74, 6) is 2.03. The van der Waals surface area contributed by atoms with Crippen LogP contribution in [0, 0.1) is 12.8 Å². The van der Waals surface area contributed by atoms with Crippen molar-refractivity contribution in [1.29, 1.82) is 0 Å². The van der Waals surface area contributed by atoms with Crippen LogP contribution in [0.25, 0.3) is 0 Å². The fraction of sp³-hybridized carbons (Fsp3) is 0.500. The van der Waals surface area contributed by atoms with E-state index < -0.39 is 0 Å². The zero-order valence-electron chi connectivity index (χ0n) is 8.62. The third kappa shape index (κ3) is 2.12. The molecule has 1 aromatic rings. The molecular formula is C12H17NS. The smallest absolute Gasteiger partial charge is 0.0104 e. The molecule has 1 nitrogen and oxygen atoms in total. The number of aryl methyl sites for hydroxylation is 1. The molecule has 0 aliphatic carbocycles. The molecule has 1 atom stereocenters. The van der Waals surface area contributed by atoms with Crippen molar-refractivity contribution in [3.63, 3.8) is 0 Å². The van der Waals surface area contributed by atoms with Gasteiger partial charge < -0.3 is 5.73 Å². The first kappa shape index (κ1) is 10.1. The lowest BCUT2D eigenvalue weighted by Crippen LogP contribution is -2.17. The lowest BCUT2D eigenvalue weighted by atomic mass is 9.96. The number of hydrogen-bond acceptors (Lipinski definition) is 2. The van der Waals surface area contributed by atoms with Gasteiger partial charge in [0.25, 0.3) is 0 Å². The second kappa shape index (κ2) is 4.37. The van der Waals surface area contributed by atoms with Crippen molar-refractivity contribution in [2.24, 2.45) is 11.7 Å². The summed E-state index contributed by atoms with van der Waals surface area (Å²) in [7, 11) is 0. The van der Waals surface area contributed by atoms with Gasteiger partial charge in [-0.3, -0.25) is 0 Å². The molecule has 1 aliphatic heterocycles. The summed E-state index contributed by atoms with van der Waals surface area (Å²) in [6.45, 7) is 2.99. The quantitative estimate of drug-likeness (QED) is 0.806. The molecule has 1 aliphatic rings. The largest absolute Gasteiger partial charge is 0.330 e. The zero-order valence-corrected chi connectivity index (χ0v) is 9.44. The second-order valence-electron chi connectivity index (χ2n) is 4.07. The van der Waals surface area contributed by atoms with Crippen LogP contribution in [-0.2, 0) is 6.42 Å². The average molecular weight is 207 g/mol. The first-order chi connectivity index (χ1) is 6.79. The molecule has 1 heterocycles. The number of benzene rings is 1. The molecule has 0 fully saturated rings. The van der Waals surface area contributed by atoms with Crippen molar-refractivity contribution in [3.8, 4) is 0 Å². The number of nitrogens with two attached hydrogens (primary N) is 1. The minimum atomic E-state index is 0.791. The van der Waals surface area contributed by atoms with Gasteiger partial charge in [-0.05, 0) is 43.9 Å². The summed E-state index contributed by atoms with van der Waals surface area (Å²) in [5.41, 5.74) is 8.50. The van der Waals surface area contributed by atoms with Crippen molar-refractivity contribution in [1.82, 2.24) is 0 Å². The maximum Gasteiger partial charge on any atom is 0.0104 e. The molecule has 0 spiro atoms. The van der Waals surface area contributed by atoms with Crippen LogP contribution in [0.15, 0.2) is 23.1 Å². The van der Waals surface area contributed by atoms with E-state index in [0.717, 1.165) is 12.5 Å². The van der Waals surface area contributed by atoms with Gasteiger partial charge in [0.1, 0.15) is 0 Å². The predicted octanol–water partition coefficient (Wildman–Crippen LogP) is 2.61. The van der Waals surface area contributed by atoms with Gasteiger partial charge in [0.2, 0.25) is 0 Å². The van der Waals surface area contributed by atoms with Gasteiger partial charge in [-0.1, -0.05) is 17.7 Å². The standard InChI is InChI=1S/C12H17NS/c1-9-2-3-12-11(6-9)7-10(4-5-13)8-14-12/h2-3,6,10H,4-5,7-8,13H2,1H3. The van der Waals surface area contributed by atoms with Crippen LogP contribution in [-0.4, -0.2) is 12.3 Å². The van der Waals surface area contributed by atoms with Crippen LogP contribution < -0.4 is 5.73 Å². The monoisotopic (exact) mass is 207 g/mol. The van der Waals surface area contributed by atoms with E-state index in [4.69, 9.17) is 5.73 Å². The lowest BCUT2D eigenvalue weighted by molar-refractivity contribution is 0.536. The fourth-order valence-corrected chi connectivity index (χ4v) is 3.20. The van der Waals surface area contributed by atoms with Crippen LogP contribution in [0.4, 0.5) is 0 Å². The Hall–Kier alpha value is -0.470. The molecule has 0 bridgehead atoms. The molecule has 0 saturated heterocycles. The number of thioether (sulfide) groups is 1. The summed E-state index contributed by atoms with van der Waals surface area (Å²) in [6.07, 6.45) is 2.39. The van der Waals surface area contributed by atoms with E-state index in [1.54, 1.807) is 0 Å². The number of hydrogen-bond donors (Lipinski definition) is 1. The molecule has 14 heavy (non-hydrogen) atoms. The summed E-state index contributed by atoms with van der Waals surface area (Å²) < 4.78 is 0. The molecule has 0 aromatic heterocycles. The average Bonchev–Trinajstić information content (AvgIpc) is 2.17. The van der Waals surface area contributed by atoms with E-state index in [1.807, 2.05) is 11.8 Å². The minimum Gasteiger partial charge on any atom is -0.330 e. The molecule has 0 radical (unpaired) electrons. The van der Waals surface area contributed by atoms with Gasteiger partial charge in [0, 0.05) is 10.6 Å². The number of fused-ring (bicyclic) bond motifs is 1. The highest BCUT2D eigenvalue weighted by Crippen LogP contribution is 2.34. The van der Waals surface area contributed by atoms with E-state index in [-0.39, 0.29) is 0 Å². The normalized spacial score (nSPS) is 20.6. The maximum atomic E-state index is 5.60. The van der Waals surface area contributed by atoms with Gasteiger partial charge >= 0.3 is 0 Å². The van der Waals surface area contributed by atoms with Gasteiger partial charge in [-0.25, -0.2) is 0 Å². The van der Waals surface area contributed by atoms with Crippen LogP contribution in [0.2, 0.25) is 0 Å². The Morgan fingerprint density at radius 2 is 2.36 bits per heavy atom. The molecule has 1 unspecified atom stereocenters. The van der Waals surface area contributed by atoms with Crippen molar-refractivity contribution < 1.29 is 0 Å². The fourth-order valence-electron chi connectivity index (χ4n) is 2.01. The Labute approximate surface area is 90.1 Å².